The van der Waals surface area contributed by atoms with Gasteiger partial charge in [0.25, 0.3) is 0 Å². The summed E-state index contributed by atoms with van der Waals surface area (Å²) < 4.78 is 0. The fourth-order valence-electron chi connectivity index (χ4n) is 3.86. The van der Waals surface area contributed by atoms with Crippen molar-refractivity contribution < 1.29 is 0 Å². The van der Waals surface area contributed by atoms with E-state index < -0.39 is 0 Å². The number of fused-ring (bicyclic) bond motifs is 1. The van der Waals surface area contributed by atoms with Crippen molar-refractivity contribution in [2.24, 2.45) is 0 Å². The molecular formula is C28H21N. The molecule has 5 aromatic carbocycles. The third-order valence-corrected chi connectivity index (χ3v) is 5.25. The van der Waals surface area contributed by atoms with Gasteiger partial charge in [-0.25, -0.2) is 0 Å². The molecule has 29 heavy (non-hydrogen) atoms. The largest absolute Gasteiger partial charge is 0.355 e. The molecule has 1 heteroatoms. The van der Waals surface area contributed by atoms with E-state index >= 15 is 0 Å². The fourth-order valence-corrected chi connectivity index (χ4v) is 3.86. The number of hydrogen-bond donors (Lipinski definition) is 1. The quantitative estimate of drug-likeness (QED) is 0.338. The lowest BCUT2D eigenvalue weighted by Crippen LogP contribution is -1.93. The Bertz CT molecular complexity index is 1270. The van der Waals surface area contributed by atoms with Gasteiger partial charge in [0.2, 0.25) is 0 Å². The second kappa shape index (κ2) is 7.65. The van der Waals surface area contributed by atoms with E-state index in [4.69, 9.17) is 0 Å². The van der Waals surface area contributed by atoms with E-state index in [1.807, 2.05) is 6.07 Å². The summed E-state index contributed by atoms with van der Waals surface area (Å²) in [4.78, 5) is 0. The van der Waals surface area contributed by atoms with Crippen LogP contribution in [0, 0.1) is 0 Å². The molecule has 0 aromatic heterocycles. The average molecular weight is 371 g/mol. The highest BCUT2D eigenvalue weighted by Gasteiger charge is 2.07. The third-order valence-electron chi connectivity index (χ3n) is 5.25. The lowest BCUT2D eigenvalue weighted by Gasteiger charge is -2.14. The van der Waals surface area contributed by atoms with Gasteiger partial charge in [-0.3, -0.25) is 0 Å². The molecule has 0 aliphatic rings. The predicted octanol–water partition coefficient (Wildman–Crippen LogP) is 7.92. The summed E-state index contributed by atoms with van der Waals surface area (Å²) in [5.41, 5.74) is 7.06. The molecule has 0 heterocycles. The standard InChI is InChI=1S/C28H21N/c1-2-10-22(11-3-1)27-17-6-7-19-28(27)29-24-15-8-14-23(20-24)26-18-9-13-21-12-4-5-16-25(21)26/h1-20,29H. The number of anilines is 2. The zero-order valence-electron chi connectivity index (χ0n) is 16.0. The Kier molecular flexibility index (Phi) is 4.56. The van der Waals surface area contributed by atoms with Crippen LogP contribution in [-0.4, -0.2) is 0 Å². The first kappa shape index (κ1) is 17.3. The molecule has 138 valence electrons. The minimum Gasteiger partial charge on any atom is -0.355 e. The zero-order chi connectivity index (χ0) is 19.5. The Morgan fingerprint density at radius 1 is 0.448 bits per heavy atom. The Hall–Kier alpha value is -3.84. The van der Waals surface area contributed by atoms with Gasteiger partial charge in [0.15, 0.2) is 0 Å². The van der Waals surface area contributed by atoms with E-state index in [9.17, 15) is 0 Å². The van der Waals surface area contributed by atoms with Crippen LogP contribution in [0.15, 0.2) is 121 Å². The number of para-hydroxylation sites is 1. The molecule has 0 saturated heterocycles. The van der Waals surface area contributed by atoms with Crippen molar-refractivity contribution >= 4 is 22.1 Å². The first-order valence-electron chi connectivity index (χ1n) is 9.88. The third kappa shape index (κ3) is 3.51. The summed E-state index contributed by atoms with van der Waals surface area (Å²) in [5.74, 6) is 0. The van der Waals surface area contributed by atoms with Gasteiger partial charge < -0.3 is 5.32 Å². The van der Waals surface area contributed by atoms with Crippen molar-refractivity contribution in [2.45, 2.75) is 0 Å². The van der Waals surface area contributed by atoms with Crippen molar-refractivity contribution in [1.29, 1.82) is 0 Å². The van der Waals surface area contributed by atoms with Crippen LogP contribution in [0.4, 0.5) is 11.4 Å². The minimum absolute atomic E-state index is 1.08. The molecule has 0 aliphatic carbocycles. The second-order valence-corrected chi connectivity index (χ2v) is 7.14. The van der Waals surface area contributed by atoms with Gasteiger partial charge in [-0.1, -0.05) is 103 Å². The van der Waals surface area contributed by atoms with Gasteiger partial charge in [-0.2, -0.15) is 0 Å². The van der Waals surface area contributed by atoms with Crippen LogP contribution >= 0.6 is 0 Å². The normalized spacial score (nSPS) is 10.8. The lowest BCUT2D eigenvalue weighted by atomic mass is 9.98. The maximum Gasteiger partial charge on any atom is 0.0463 e. The van der Waals surface area contributed by atoms with Crippen LogP contribution in [0.3, 0.4) is 0 Å². The average Bonchev–Trinajstić information content (AvgIpc) is 2.80. The molecular weight excluding hydrogens is 350 g/mol. The van der Waals surface area contributed by atoms with E-state index in [-0.39, 0.29) is 0 Å². The van der Waals surface area contributed by atoms with Gasteiger partial charge >= 0.3 is 0 Å². The molecule has 0 radical (unpaired) electrons. The van der Waals surface area contributed by atoms with Crippen molar-refractivity contribution in [3.63, 3.8) is 0 Å². The van der Waals surface area contributed by atoms with E-state index in [2.05, 4.69) is 121 Å². The fraction of sp³-hybridized carbons (Fsp3) is 0. The Morgan fingerprint density at radius 2 is 1.10 bits per heavy atom. The van der Waals surface area contributed by atoms with Crippen molar-refractivity contribution in [2.75, 3.05) is 5.32 Å². The van der Waals surface area contributed by atoms with Crippen LogP contribution in [0.25, 0.3) is 33.0 Å². The predicted molar refractivity (Wildman–Crippen MR) is 125 cm³/mol. The molecule has 1 nitrogen and oxygen atoms in total. The minimum atomic E-state index is 1.08. The summed E-state index contributed by atoms with van der Waals surface area (Å²) in [7, 11) is 0. The lowest BCUT2D eigenvalue weighted by molar-refractivity contribution is 1.53. The summed E-state index contributed by atoms with van der Waals surface area (Å²) in [6, 6.07) is 42.6. The highest BCUT2D eigenvalue weighted by Crippen LogP contribution is 2.33. The summed E-state index contributed by atoms with van der Waals surface area (Å²) >= 11 is 0. The van der Waals surface area contributed by atoms with Crippen molar-refractivity contribution in [1.82, 2.24) is 0 Å². The number of hydrogen-bond acceptors (Lipinski definition) is 1. The van der Waals surface area contributed by atoms with Crippen LogP contribution < -0.4 is 5.32 Å². The summed E-state index contributed by atoms with van der Waals surface area (Å²) in [6.07, 6.45) is 0. The Morgan fingerprint density at radius 3 is 2.03 bits per heavy atom. The first-order chi connectivity index (χ1) is 14.4. The SMILES string of the molecule is c1ccc(-c2ccccc2Nc2cccc(-c3cccc4ccccc34)c2)cc1. The molecule has 0 saturated carbocycles. The Labute approximate surface area is 171 Å². The molecule has 0 atom stereocenters. The van der Waals surface area contributed by atoms with Crippen LogP contribution in [0.2, 0.25) is 0 Å². The number of benzene rings is 5. The van der Waals surface area contributed by atoms with Gasteiger partial charge in [0.05, 0.1) is 0 Å². The monoisotopic (exact) mass is 371 g/mol. The van der Waals surface area contributed by atoms with Gasteiger partial charge in [0, 0.05) is 16.9 Å². The highest BCUT2D eigenvalue weighted by molar-refractivity contribution is 5.97. The highest BCUT2D eigenvalue weighted by atomic mass is 14.9. The van der Waals surface area contributed by atoms with Crippen molar-refractivity contribution in [3.8, 4) is 22.3 Å². The molecule has 0 fully saturated rings. The molecule has 0 spiro atoms. The summed E-state index contributed by atoms with van der Waals surface area (Å²) in [6.45, 7) is 0. The topological polar surface area (TPSA) is 12.0 Å². The van der Waals surface area contributed by atoms with Crippen LogP contribution in [0.5, 0.6) is 0 Å². The molecule has 0 unspecified atom stereocenters. The van der Waals surface area contributed by atoms with Crippen LogP contribution in [-0.2, 0) is 0 Å². The maximum absolute atomic E-state index is 3.63. The first-order valence-corrected chi connectivity index (χ1v) is 9.88. The smallest absolute Gasteiger partial charge is 0.0463 e. The molecule has 1 N–H and O–H groups in total. The second-order valence-electron chi connectivity index (χ2n) is 7.14. The maximum atomic E-state index is 3.63. The zero-order valence-corrected chi connectivity index (χ0v) is 16.0. The number of nitrogens with one attached hydrogen (secondary N) is 1. The van der Waals surface area contributed by atoms with E-state index in [0.717, 1.165) is 11.4 Å². The van der Waals surface area contributed by atoms with Crippen molar-refractivity contribution in [3.05, 3.63) is 121 Å². The Balaban J connectivity index is 1.54. The molecule has 5 rings (SSSR count). The molecule has 0 bridgehead atoms. The molecule has 5 aromatic rings. The van der Waals surface area contributed by atoms with Gasteiger partial charge in [0.1, 0.15) is 0 Å². The van der Waals surface area contributed by atoms with E-state index in [1.54, 1.807) is 0 Å². The van der Waals surface area contributed by atoms with E-state index in [1.165, 1.54) is 33.0 Å². The van der Waals surface area contributed by atoms with Gasteiger partial charge in [-0.05, 0) is 45.7 Å². The summed E-state index contributed by atoms with van der Waals surface area (Å²) in [5, 5.41) is 6.17. The number of rotatable bonds is 4. The van der Waals surface area contributed by atoms with Gasteiger partial charge in [-0.15, -0.1) is 0 Å². The molecule has 0 amide bonds. The molecule has 0 aliphatic heterocycles. The van der Waals surface area contributed by atoms with E-state index in [0.29, 0.717) is 0 Å². The van der Waals surface area contributed by atoms with Crippen LogP contribution in [0.1, 0.15) is 0 Å².